The highest BCUT2D eigenvalue weighted by atomic mass is 32.2. The predicted octanol–water partition coefficient (Wildman–Crippen LogP) is 5.21. The number of nitrogens with zero attached hydrogens (tertiary/aromatic N) is 3. The van der Waals surface area contributed by atoms with Crippen LogP contribution >= 0.6 is 34.4 Å². The average molecular weight is 431 g/mol. The van der Waals surface area contributed by atoms with Crippen molar-refractivity contribution >= 4 is 39.6 Å². The van der Waals surface area contributed by atoms with E-state index >= 15 is 0 Å². The second kappa shape index (κ2) is 9.22. The molecular formula is C19H18N4O2S3. The first kappa shape index (κ1) is 19.0. The highest BCUT2D eigenvalue weighted by Crippen LogP contribution is 2.30. The number of aromatic nitrogens is 3. The molecule has 0 aliphatic carbocycles. The fourth-order valence-electron chi connectivity index (χ4n) is 2.50. The van der Waals surface area contributed by atoms with Crippen LogP contribution in [0.5, 0.6) is 5.75 Å². The van der Waals surface area contributed by atoms with Crippen LogP contribution in [0.2, 0.25) is 0 Å². The Labute approximate surface area is 175 Å². The van der Waals surface area contributed by atoms with Crippen LogP contribution in [-0.4, -0.2) is 29.0 Å². The maximum atomic E-state index is 5.45. The van der Waals surface area contributed by atoms with Crippen molar-refractivity contribution in [3.63, 3.8) is 0 Å². The number of nitrogens with one attached hydrogen (secondary N) is 1. The molecule has 0 amide bonds. The van der Waals surface area contributed by atoms with Crippen molar-refractivity contribution in [2.75, 3.05) is 19.0 Å². The van der Waals surface area contributed by atoms with Crippen molar-refractivity contribution in [3.8, 4) is 17.0 Å². The van der Waals surface area contributed by atoms with E-state index in [0.717, 1.165) is 45.2 Å². The zero-order valence-corrected chi connectivity index (χ0v) is 17.6. The molecule has 1 N–H and O–H groups in total. The number of thioether (sulfide) groups is 1. The molecule has 6 nitrogen and oxygen atoms in total. The van der Waals surface area contributed by atoms with Crippen molar-refractivity contribution < 1.29 is 9.26 Å². The Balaban J connectivity index is 1.27. The normalized spacial score (nSPS) is 10.9. The molecular weight excluding hydrogens is 412 g/mol. The van der Waals surface area contributed by atoms with Gasteiger partial charge in [-0.1, -0.05) is 34.3 Å². The number of anilines is 1. The van der Waals surface area contributed by atoms with Gasteiger partial charge >= 0.3 is 0 Å². The topological polar surface area (TPSA) is 73.1 Å². The van der Waals surface area contributed by atoms with Crippen LogP contribution in [-0.2, 0) is 12.2 Å². The minimum Gasteiger partial charge on any atom is -0.497 e. The summed E-state index contributed by atoms with van der Waals surface area (Å²) in [5.74, 6) is 2.28. The number of benzene rings is 1. The molecule has 0 radical (unpaired) electrons. The van der Waals surface area contributed by atoms with Gasteiger partial charge in [0.15, 0.2) is 4.34 Å². The number of rotatable bonds is 9. The minimum absolute atomic E-state index is 0.660. The van der Waals surface area contributed by atoms with Gasteiger partial charge in [0.1, 0.15) is 17.2 Å². The fraction of sp³-hybridized carbons (Fsp3) is 0.211. The molecule has 0 bridgehead atoms. The molecule has 3 heterocycles. The third-order valence-corrected chi connectivity index (χ3v) is 6.89. The molecule has 4 rings (SSSR count). The number of methoxy groups -OCH3 is 1. The Morgan fingerprint density at radius 3 is 2.86 bits per heavy atom. The van der Waals surface area contributed by atoms with Gasteiger partial charge in [0.05, 0.1) is 12.9 Å². The van der Waals surface area contributed by atoms with Crippen LogP contribution in [0.3, 0.4) is 0 Å². The molecule has 1 aromatic carbocycles. The van der Waals surface area contributed by atoms with Crippen molar-refractivity contribution in [2.45, 2.75) is 16.5 Å². The van der Waals surface area contributed by atoms with E-state index in [9.17, 15) is 0 Å². The second-order valence-electron chi connectivity index (χ2n) is 5.82. The lowest BCUT2D eigenvalue weighted by atomic mass is 10.1. The van der Waals surface area contributed by atoms with E-state index in [1.54, 1.807) is 41.5 Å². The van der Waals surface area contributed by atoms with Gasteiger partial charge in [0, 0.05) is 23.1 Å². The molecule has 0 fully saturated rings. The Kier molecular flexibility index (Phi) is 6.25. The third-order valence-electron chi connectivity index (χ3n) is 3.92. The highest BCUT2D eigenvalue weighted by Gasteiger charge is 2.10. The SMILES string of the molecule is COc1ccc(-c2cc(CSc3nnc(NCCc4cccs4)s3)on2)cc1. The predicted molar refractivity (Wildman–Crippen MR) is 114 cm³/mol. The summed E-state index contributed by atoms with van der Waals surface area (Å²) in [6.07, 6.45) is 0.992. The number of hydrogen-bond acceptors (Lipinski definition) is 9. The Morgan fingerprint density at radius 1 is 1.18 bits per heavy atom. The molecule has 4 aromatic rings. The zero-order valence-electron chi connectivity index (χ0n) is 15.1. The largest absolute Gasteiger partial charge is 0.497 e. The summed E-state index contributed by atoms with van der Waals surface area (Å²) in [7, 11) is 1.65. The van der Waals surface area contributed by atoms with Gasteiger partial charge in [0.2, 0.25) is 5.13 Å². The molecule has 3 aromatic heterocycles. The maximum Gasteiger partial charge on any atom is 0.206 e. The van der Waals surface area contributed by atoms with Gasteiger partial charge in [-0.2, -0.15) is 0 Å². The molecule has 0 atom stereocenters. The van der Waals surface area contributed by atoms with E-state index in [0.29, 0.717) is 5.75 Å². The summed E-state index contributed by atoms with van der Waals surface area (Å²) in [6, 6.07) is 13.9. The molecule has 28 heavy (non-hydrogen) atoms. The van der Waals surface area contributed by atoms with Crippen LogP contribution in [0.15, 0.2) is 56.7 Å². The smallest absolute Gasteiger partial charge is 0.206 e. The third kappa shape index (κ3) is 4.92. The molecule has 144 valence electrons. The Bertz CT molecular complexity index is 997. The first-order valence-electron chi connectivity index (χ1n) is 8.63. The lowest BCUT2D eigenvalue weighted by molar-refractivity contribution is 0.397. The van der Waals surface area contributed by atoms with Gasteiger partial charge in [-0.15, -0.1) is 21.5 Å². The van der Waals surface area contributed by atoms with Crippen molar-refractivity contribution in [2.24, 2.45) is 0 Å². The molecule has 0 aliphatic rings. The van der Waals surface area contributed by atoms with E-state index in [4.69, 9.17) is 9.26 Å². The first-order chi connectivity index (χ1) is 13.8. The number of thiophene rings is 1. The monoisotopic (exact) mass is 430 g/mol. The summed E-state index contributed by atoms with van der Waals surface area (Å²) in [6.45, 7) is 0.854. The lowest BCUT2D eigenvalue weighted by Crippen LogP contribution is -2.03. The van der Waals surface area contributed by atoms with Crippen LogP contribution in [0.25, 0.3) is 11.3 Å². The molecule has 0 unspecified atom stereocenters. The van der Waals surface area contributed by atoms with Gasteiger partial charge in [-0.25, -0.2) is 0 Å². The Hall–Kier alpha value is -2.36. The molecule has 0 aliphatic heterocycles. The van der Waals surface area contributed by atoms with Crippen molar-refractivity contribution in [1.82, 2.24) is 15.4 Å². The lowest BCUT2D eigenvalue weighted by Gasteiger charge is -1.99. The summed E-state index contributed by atoms with van der Waals surface area (Å²) in [4.78, 5) is 1.37. The van der Waals surface area contributed by atoms with E-state index in [1.807, 2.05) is 30.3 Å². The molecule has 0 saturated carbocycles. The maximum absolute atomic E-state index is 5.45. The standard InChI is InChI=1S/C19H18N4O2S3/c1-24-14-6-4-13(5-7-14)17-11-15(25-23-17)12-27-19-22-21-18(28-19)20-9-8-16-3-2-10-26-16/h2-7,10-11H,8-9,12H2,1H3,(H,20,21). The summed E-state index contributed by atoms with van der Waals surface area (Å²) < 4.78 is 11.5. The first-order valence-corrected chi connectivity index (χ1v) is 11.3. The van der Waals surface area contributed by atoms with Crippen molar-refractivity contribution in [1.29, 1.82) is 0 Å². The van der Waals surface area contributed by atoms with Crippen LogP contribution in [0.1, 0.15) is 10.6 Å². The van der Waals surface area contributed by atoms with Crippen LogP contribution in [0.4, 0.5) is 5.13 Å². The quantitative estimate of drug-likeness (QED) is 0.365. The van der Waals surface area contributed by atoms with E-state index in [1.165, 1.54) is 4.88 Å². The zero-order chi connectivity index (χ0) is 19.2. The molecule has 9 heteroatoms. The fourth-order valence-corrected chi connectivity index (χ4v) is 4.86. The van der Waals surface area contributed by atoms with Gasteiger partial charge < -0.3 is 14.6 Å². The van der Waals surface area contributed by atoms with Gasteiger partial charge in [-0.3, -0.25) is 0 Å². The van der Waals surface area contributed by atoms with Crippen molar-refractivity contribution in [3.05, 3.63) is 58.5 Å². The van der Waals surface area contributed by atoms with Crippen LogP contribution < -0.4 is 10.1 Å². The molecule has 0 saturated heterocycles. The second-order valence-corrected chi connectivity index (χ2v) is 9.06. The van der Waals surface area contributed by atoms with Gasteiger partial charge in [0.25, 0.3) is 0 Å². The number of ether oxygens (including phenoxy) is 1. The average Bonchev–Trinajstić information content (AvgIpc) is 3.49. The highest BCUT2D eigenvalue weighted by molar-refractivity contribution is 8.00. The van der Waals surface area contributed by atoms with E-state index in [-0.39, 0.29) is 0 Å². The number of hydrogen-bond donors (Lipinski definition) is 1. The van der Waals surface area contributed by atoms with E-state index in [2.05, 4.69) is 38.2 Å². The van der Waals surface area contributed by atoms with Crippen LogP contribution in [0, 0.1) is 0 Å². The summed E-state index contributed by atoms with van der Waals surface area (Å²) in [5.41, 5.74) is 1.81. The molecule has 0 spiro atoms. The van der Waals surface area contributed by atoms with E-state index < -0.39 is 0 Å². The summed E-state index contributed by atoms with van der Waals surface area (Å²) >= 11 is 4.92. The minimum atomic E-state index is 0.660. The summed E-state index contributed by atoms with van der Waals surface area (Å²) in [5, 5.41) is 18.8. The van der Waals surface area contributed by atoms with Gasteiger partial charge in [-0.05, 0) is 42.1 Å². The Morgan fingerprint density at radius 2 is 2.07 bits per heavy atom.